The molecule has 51 heavy (non-hydrogen) atoms. The van der Waals surface area contributed by atoms with Gasteiger partial charge in [0, 0.05) is 43.1 Å². The van der Waals surface area contributed by atoms with Crippen LogP contribution in [0.1, 0.15) is 70.5 Å². The van der Waals surface area contributed by atoms with Gasteiger partial charge in [-0.3, -0.25) is 14.4 Å². The number of carbonyl (C=O) groups excluding carboxylic acids is 3. The molecule has 5 heterocycles. The Hall–Kier alpha value is -3.36. The molecule has 3 amide bonds. The van der Waals surface area contributed by atoms with Gasteiger partial charge in [-0.25, -0.2) is 14.4 Å². The fourth-order valence-corrected chi connectivity index (χ4v) is 9.60. The number of piperazine rings is 1. The van der Waals surface area contributed by atoms with Crippen LogP contribution in [-0.4, -0.2) is 90.9 Å². The number of rotatable bonds is 5. The summed E-state index contributed by atoms with van der Waals surface area (Å²) < 4.78 is 55.3. The molecule has 0 unspecified atom stereocenters. The number of thioether (sulfide) groups is 1. The molecule has 0 bridgehead atoms. The number of aromatic nitrogens is 1. The van der Waals surface area contributed by atoms with Crippen LogP contribution in [0, 0.1) is 11.7 Å². The van der Waals surface area contributed by atoms with Gasteiger partial charge in [0.25, 0.3) is 5.91 Å². The van der Waals surface area contributed by atoms with Crippen molar-refractivity contribution in [2.24, 2.45) is 10.9 Å². The lowest BCUT2D eigenvalue weighted by Gasteiger charge is -2.47. The highest BCUT2D eigenvalue weighted by Gasteiger charge is 2.61. The number of halogens is 6. The molecule has 3 fully saturated rings. The van der Waals surface area contributed by atoms with Crippen molar-refractivity contribution in [3.63, 3.8) is 0 Å². The van der Waals surface area contributed by atoms with E-state index in [0.717, 1.165) is 10.5 Å². The minimum absolute atomic E-state index is 0.00983. The summed E-state index contributed by atoms with van der Waals surface area (Å²) in [6.45, 7) is 7.55. The van der Waals surface area contributed by atoms with Gasteiger partial charge in [0.15, 0.2) is 5.17 Å². The minimum atomic E-state index is -5.00. The van der Waals surface area contributed by atoms with E-state index in [9.17, 15) is 27.6 Å². The number of hydrogen-bond donors (Lipinski definition) is 0. The summed E-state index contributed by atoms with van der Waals surface area (Å²) in [5, 5.41) is 0.816. The van der Waals surface area contributed by atoms with Gasteiger partial charge in [0.1, 0.15) is 27.5 Å². The van der Waals surface area contributed by atoms with Gasteiger partial charge in [-0.1, -0.05) is 49.2 Å². The zero-order valence-electron chi connectivity index (χ0n) is 28.3. The van der Waals surface area contributed by atoms with Crippen LogP contribution in [0.4, 0.5) is 17.6 Å². The average Bonchev–Trinajstić information content (AvgIpc) is 3.37. The van der Waals surface area contributed by atoms with E-state index in [1.54, 1.807) is 35.1 Å². The molecular formula is C35H36Cl2F4N6O3S. The molecule has 4 aliphatic heterocycles. The third-order valence-corrected chi connectivity index (χ3v) is 12.3. The number of aliphatic imine (C=N–C) groups is 1. The van der Waals surface area contributed by atoms with Crippen LogP contribution in [0.3, 0.4) is 0 Å². The second-order valence-electron chi connectivity index (χ2n) is 14.4. The van der Waals surface area contributed by atoms with E-state index >= 15 is 4.39 Å². The van der Waals surface area contributed by atoms with E-state index in [1.165, 1.54) is 23.9 Å². The lowest BCUT2D eigenvalue weighted by molar-refractivity contribution is -0.193. The van der Waals surface area contributed by atoms with E-state index in [2.05, 4.69) is 4.98 Å². The van der Waals surface area contributed by atoms with Crippen LogP contribution >= 0.6 is 35.0 Å². The molecule has 0 N–H and O–H groups in total. The number of pyridine rings is 1. The number of alkyl halides is 3. The van der Waals surface area contributed by atoms with Crippen molar-refractivity contribution in [1.29, 1.82) is 0 Å². The fraction of sp³-hybridized carbons (Fsp3) is 0.514. The SMILES string of the molecule is CC(C)C1=C(C(=O)N2CCC[C@@H]2C(=O)N2CC3(CC3)N(C(=O)C(F)(F)F)C[C@@H]2C)SC2=N[C@@](C)(c3ccc(Cl)nc3)[C@@H](c3ccc(Cl)c(F)c3)N21. The van der Waals surface area contributed by atoms with Gasteiger partial charge in [-0.15, -0.1) is 0 Å². The summed E-state index contributed by atoms with van der Waals surface area (Å²) in [6.07, 6.45) is -1.64. The Balaban J connectivity index is 1.20. The Labute approximate surface area is 307 Å². The Morgan fingerprint density at radius 3 is 2.41 bits per heavy atom. The van der Waals surface area contributed by atoms with E-state index < -0.39 is 47.1 Å². The first kappa shape index (κ1) is 36.0. The Bertz CT molecular complexity index is 1870. The molecule has 1 aromatic heterocycles. The second kappa shape index (κ2) is 12.6. The van der Waals surface area contributed by atoms with Crippen LogP contribution in [0.2, 0.25) is 10.2 Å². The van der Waals surface area contributed by atoms with Crippen molar-refractivity contribution in [2.75, 3.05) is 19.6 Å². The summed E-state index contributed by atoms with van der Waals surface area (Å²) in [7, 11) is 0. The number of fused-ring (bicyclic) bond motifs is 1. The number of amidine groups is 1. The van der Waals surface area contributed by atoms with Crippen molar-refractivity contribution in [3.8, 4) is 0 Å². The van der Waals surface area contributed by atoms with Gasteiger partial charge in [0.05, 0.1) is 16.6 Å². The van der Waals surface area contributed by atoms with E-state index in [4.69, 9.17) is 28.2 Å². The number of allylic oxidation sites excluding steroid dienone is 1. The van der Waals surface area contributed by atoms with Gasteiger partial charge < -0.3 is 19.6 Å². The topological polar surface area (TPSA) is 89.4 Å². The summed E-state index contributed by atoms with van der Waals surface area (Å²) in [5.41, 5.74) is -0.0119. The molecular weight excluding hydrogens is 731 g/mol. The zero-order chi connectivity index (χ0) is 36.8. The molecule has 2 aromatic rings. The zero-order valence-corrected chi connectivity index (χ0v) is 30.6. The number of nitrogens with zero attached hydrogens (tertiary/aromatic N) is 6. The second-order valence-corrected chi connectivity index (χ2v) is 16.2. The van der Waals surface area contributed by atoms with Crippen LogP contribution in [-0.2, 0) is 19.9 Å². The molecule has 9 nitrogen and oxygen atoms in total. The summed E-state index contributed by atoms with van der Waals surface area (Å²) in [4.78, 5) is 56.9. The smallest absolute Gasteiger partial charge is 0.334 e. The maximum absolute atomic E-state index is 15.0. The molecule has 1 aliphatic carbocycles. The van der Waals surface area contributed by atoms with Gasteiger partial charge in [0.2, 0.25) is 5.91 Å². The Morgan fingerprint density at radius 1 is 1.08 bits per heavy atom. The third kappa shape index (κ3) is 5.98. The molecule has 272 valence electrons. The van der Waals surface area contributed by atoms with E-state index in [1.807, 2.05) is 31.7 Å². The molecule has 5 aliphatic rings. The first-order chi connectivity index (χ1) is 24.0. The monoisotopic (exact) mass is 766 g/mol. The van der Waals surface area contributed by atoms with Gasteiger partial charge in [-0.05, 0) is 81.0 Å². The van der Waals surface area contributed by atoms with Crippen LogP contribution in [0.15, 0.2) is 52.1 Å². The third-order valence-electron chi connectivity index (χ3n) is 10.7. The molecule has 1 aromatic carbocycles. The largest absolute Gasteiger partial charge is 0.471 e. The lowest BCUT2D eigenvalue weighted by Crippen LogP contribution is -2.65. The highest BCUT2D eigenvalue weighted by molar-refractivity contribution is 8.18. The molecule has 7 rings (SSSR count). The average molecular weight is 768 g/mol. The summed E-state index contributed by atoms with van der Waals surface area (Å²) >= 11 is 13.4. The molecule has 0 radical (unpaired) electrons. The number of benzene rings is 1. The molecule has 1 saturated carbocycles. The van der Waals surface area contributed by atoms with Crippen molar-refractivity contribution < 1.29 is 31.9 Å². The maximum atomic E-state index is 15.0. The molecule has 16 heteroatoms. The standard InChI is InChI=1S/C35H36Cl2F4N6O3S/c1-18(2)26-27(51-32-43-33(4,21-8-10-25(37)42-15-21)28(47(26)32)20-7-9-22(36)23(38)14-20)30(49)44-13-5-6-24(44)29(48)45-17-34(11-12-34)46(16-19(45)3)31(50)35(39,40)41/h7-10,14-15,18-19,24,28H,5-6,11-13,16-17H2,1-4H3/t19-,24+,28+,33-/m0/s1. The molecule has 4 atom stereocenters. The highest BCUT2D eigenvalue weighted by Crippen LogP contribution is 2.56. The normalized spacial score (nSPS) is 27.1. The van der Waals surface area contributed by atoms with Crippen molar-refractivity contribution >= 4 is 57.9 Å². The van der Waals surface area contributed by atoms with Crippen molar-refractivity contribution in [1.82, 2.24) is 24.6 Å². The number of likely N-dealkylation sites (tertiary alicyclic amines) is 1. The first-order valence-corrected chi connectivity index (χ1v) is 18.4. The lowest BCUT2D eigenvalue weighted by atomic mass is 9.81. The molecule has 2 saturated heterocycles. The van der Waals surface area contributed by atoms with Crippen molar-refractivity contribution in [2.45, 2.75) is 88.8 Å². The summed E-state index contributed by atoms with van der Waals surface area (Å²) in [6, 6.07) is 6.01. The number of carbonyl (C=O) groups is 3. The molecule has 1 spiro atoms. The first-order valence-electron chi connectivity index (χ1n) is 16.8. The van der Waals surface area contributed by atoms with Gasteiger partial charge in [-0.2, -0.15) is 13.2 Å². The van der Waals surface area contributed by atoms with Crippen LogP contribution in [0.25, 0.3) is 0 Å². The number of hydrogen-bond acceptors (Lipinski definition) is 7. The van der Waals surface area contributed by atoms with Crippen LogP contribution in [0.5, 0.6) is 0 Å². The minimum Gasteiger partial charge on any atom is -0.334 e. The van der Waals surface area contributed by atoms with E-state index in [-0.39, 0.29) is 35.8 Å². The summed E-state index contributed by atoms with van der Waals surface area (Å²) in [5.74, 6) is -3.34. The van der Waals surface area contributed by atoms with Crippen LogP contribution < -0.4 is 0 Å². The van der Waals surface area contributed by atoms with Gasteiger partial charge >= 0.3 is 12.1 Å². The number of amides is 3. The predicted molar refractivity (Wildman–Crippen MR) is 185 cm³/mol. The predicted octanol–water partition coefficient (Wildman–Crippen LogP) is 6.92. The highest BCUT2D eigenvalue weighted by atomic mass is 35.5. The Kier molecular flexibility index (Phi) is 8.93. The quantitative estimate of drug-likeness (QED) is 0.243. The van der Waals surface area contributed by atoms with E-state index in [0.29, 0.717) is 58.7 Å². The maximum Gasteiger partial charge on any atom is 0.471 e. The van der Waals surface area contributed by atoms with Crippen molar-refractivity contribution in [3.05, 3.63) is 74.3 Å². The fourth-order valence-electron chi connectivity index (χ4n) is 8.01. The Morgan fingerprint density at radius 2 is 1.80 bits per heavy atom.